The van der Waals surface area contributed by atoms with Crippen LogP contribution in [0.1, 0.15) is 16.8 Å². The van der Waals surface area contributed by atoms with Crippen LogP contribution in [0.25, 0.3) is 0 Å². The number of halogens is 2. The zero-order valence-corrected chi connectivity index (χ0v) is 10.5. The average molecular weight is 268 g/mol. The van der Waals surface area contributed by atoms with Gasteiger partial charge in [-0.2, -0.15) is 0 Å². The monoisotopic (exact) mass is 267 g/mol. The number of methoxy groups -OCH3 is 1. The SMILES string of the molecule is COCC(N)CC(=O)c1cc(Cl)sc1Cl. The Morgan fingerprint density at radius 3 is 2.80 bits per heavy atom. The summed E-state index contributed by atoms with van der Waals surface area (Å²) >= 11 is 12.8. The molecule has 0 fully saturated rings. The van der Waals surface area contributed by atoms with Crippen molar-refractivity contribution >= 4 is 40.3 Å². The number of thiophene rings is 1. The molecule has 0 aliphatic rings. The van der Waals surface area contributed by atoms with Crippen molar-refractivity contribution in [3.8, 4) is 0 Å². The normalized spacial score (nSPS) is 12.8. The van der Waals surface area contributed by atoms with Gasteiger partial charge in [-0.25, -0.2) is 0 Å². The highest BCUT2D eigenvalue weighted by Crippen LogP contribution is 2.31. The van der Waals surface area contributed by atoms with E-state index < -0.39 is 0 Å². The molecule has 0 saturated heterocycles. The molecule has 0 spiro atoms. The first-order valence-electron chi connectivity index (χ1n) is 4.27. The fourth-order valence-corrected chi connectivity index (χ4v) is 2.65. The number of Topliss-reactive ketones (excluding diaryl/α,β-unsaturated/α-hetero) is 1. The van der Waals surface area contributed by atoms with Gasteiger partial charge in [0, 0.05) is 25.1 Å². The maximum Gasteiger partial charge on any atom is 0.166 e. The van der Waals surface area contributed by atoms with E-state index in [2.05, 4.69) is 0 Å². The predicted octanol–water partition coefficient (Wildman–Crippen LogP) is 2.60. The lowest BCUT2D eigenvalue weighted by Gasteiger charge is -2.08. The molecule has 15 heavy (non-hydrogen) atoms. The van der Waals surface area contributed by atoms with Gasteiger partial charge < -0.3 is 10.5 Å². The standard InChI is InChI=1S/C9H11Cl2NO2S/c1-14-4-5(12)2-7(13)6-3-8(10)15-9(6)11/h3,5H,2,4,12H2,1H3. The summed E-state index contributed by atoms with van der Waals surface area (Å²) in [4.78, 5) is 11.7. The highest BCUT2D eigenvalue weighted by molar-refractivity contribution is 7.20. The third kappa shape index (κ3) is 3.74. The third-order valence-corrected chi connectivity index (χ3v) is 3.27. The maximum atomic E-state index is 11.7. The van der Waals surface area contributed by atoms with Crippen LogP contribution < -0.4 is 5.73 Å². The van der Waals surface area contributed by atoms with Gasteiger partial charge in [0.05, 0.1) is 10.9 Å². The lowest BCUT2D eigenvalue weighted by Crippen LogP contribution is -2.28. The summed E-state index contributed by atoms with van der Waals surface area (Å²) in [6.45, 7) is 0.348. The van der Waals surface area contributed by atoms with Gasteiger partial charge in [-0.3, -0.25) is 4.79 Å². The van der Waals surface area contributed by atoms with Crippen LogP contribution in [-0.4, -0.2) is 25.5 Å². The van der Waals surface area contributed by atoms with Gasteiger partial charge in [0.1, 0.15) is 4.34 Å². The summed E-state index contributed by atoms with van der Waals surface area (Å²) in [5.74, 6) is -0.104. The minimum atomic E-state index is -0.308. The Morgan fingerprint density at radius 2 is 2.33 bits per heavy atom. The second-order valence-electron chi connectivity index (χ2n) is 3.08. The van der Waals surface area contributed by atoms with Crippen LogP contribution >= 0.6 is 34.5 Å². The fourth-order valence-electron chi connectivity index (χ4n) is 1.15. The molecule has 0 radical (unpaired) electrons. The van der Waals surface area contributed by atoms with E-state index in [4.69, 9.17) is 33.7 Å². The van der Waals surface area contributed by atoms with Crippen LogP contribution in [0.15, 0.2) is 6.07 Å². The molecule has 1 atom stereocenters. The van der Waals surface area contributed by atoms with Crippen LogP contribution in [0.4, 0.5) is 0 Å². The van der Waals surface area contributed by atoms with Crippen LogP contribution in [0.5, 0.6) is 0 Å². The Labute approximate surface area is 102 Å². The van der Waals surface area contributed by atoms with Gasteiger partial charge in [0.15, 0.2) is 5.78 Å². The number of ketones is 1. The minimum absolute atomic E-state index is 0.104. The van der Waals surface area contributed by atoms with Gasteiger partial charge in [-0.15, -0.1) is 11.3 Å². The van der Waals surface area contributed by atoms with E-state index >= 15 is 0 Å². The number of hydrogen-bond acceptors (Lipinski definition) is 4. The van der Waals surface area contributed by atoms with E-state index in [0.717, 1.165) is 0 Å². The molecule has 1 aromatic rings. The summed E-state index contributed by atoms with van der Waals surface area (Å²) in [6, 6.07) is 1.26. The molecule has 0 amide bonds. The molecule has 0 aromatic carbocycles. The zero-order valence-electron chi connectivity index (χ0n) is 8.13. The first-order chi connectivity index (χ1) is 7.04. The van der Waals surface area contributed by atoms with Crippen LogP contribution in [0, 0.1) is 0 Å². The van der Waals surface area contributed by atoms with E-state index in [1.165, 1.54) is 11.3 Å². The van der Waals surface area contributed by atoms with Crippen molar-refractivity contribution in [3.05, 3.63) is 20.3 Å². The molecule has 2 N–H and O–H groups in total. The van der Waals surface area contributed by atoms with Gasteiger partial charge >= 0.3 is 0 Å². The lowest BCUT2D eigenvalue weighted by molar-refractivity contribution is 0.0950. The highest BCUT2D eigenvalue weighted by Gasteiger charge is 2.16. The molecule has 1 rings (SSSR count). The smallest absolute Gasteiger partial charge is 0.166 e. The molecule has 0 aliphatic heterocycles. The van der Waals surface area contributed by atoms with Crippen LogP contribution in [0.2, 0.25) is 8.67 Å². The quantitative estimate of drug-likeness (QED) is 0.835. The summed E-state index contributed by atoms with van der Waals surface area (Å²) in [5.41, 5.74) is 6.10. The largest absolute Gasteiger partial charge is 0.383 e. The van der Waals surface area contributed by atoms with Crippen molar-refractivity contribution < 1.29 is 9.53 Å². The number of carbonyl (C=O) groups excluding carboxylic acids is 1. The van der Waals surface area contributed by atoms with Crippen molar-refractivity contribution in [2.24, 2.45) is 5.73 Å². The Bertz CT molecular complexity index is 354. The Morgan fingerprint density at radius 1 is 1.67 bits per heavy atom. The number of hydrogen-bond donors (Lipinski definition) is 1. The second-order valence-corrected chi connectivity index (χ2v) is 5.37. The highest BCUT2D eigenvalue weighted by atomic mass is 35.5. The van der Waals surface area contributed by atoms with Gasteiger partial charge in [-0.05, 0) is 6.07 Å². The summed E-state index contributed by atoms with van der Waals surface area (Å²) in [6.07, 6.45) is 0.209. The summed E-state index contributed by atoms with van der Waals surface area (Å²) < 4.78 is 5.76. The van der Waals surface area contributed by atoms with E-state index in [-0.39, 0.29) is 18.2 Å². The van der Waals surface area contributed by atoms with Crippen molar-refractivity contribution in [2.75, 3.05) is 13.7 Å². The van der Waals surface area contributed by atoms with E-state index in [0.29, 0.717) is 20.8 Å². The summed E-state index contributed by atoms with van der Waals surface area (Å²) in [5, 5.41) is 0. The molecule has 84 valence electrons. The topological polar surface area (TPSA) is 52.3 Å². The molecular formula is C9H11Cl2NO2S. The molecule has 1 unspecified atom stereocenters. The Hall–Kier alpha value is -0.130. The minimum Gasteiger partial charge on any atom is -0.383 e. The van der Waals surface area contributed by atoms with E-state index in [1.807, 2.05) is 0 Å². The number of rotatable bonds is 5. The van der Waals surface area contributed by atoms with Crippen LogP contribution in [0.3, 0.4) is 0 Å². The molecule has 6 heteroatoms. The van der Waals surface area contributed by atoms with Gasteiger partial charge in [-0.1, -0.05) is 23.2 Å². The maximum absolute atomic E-state index is 11.7. The molecule has 1 heterocycles. The predicted molar refractivity (Wildman–Crippen MR) is 63.1 cm³/mol. The number of nitrogens with two attached hydrogens (primary N) is 1. The summed E-state index contributed by atoms with van der Waals surface area (Å²) in [7, 11) is 1.54. The lowest BCUT2D eigenvalue weighted by atomic mass is 10.1. The molecular weight excluding hydrogens is 257 g/mol. The Balaban J connectivity index is 2.65. The number of ether oxygens (including phenoxy) is 1. The molecule has 0 bridgehead atoms. The molecule has 3 nitrogen and oxygen atoms in total. The van der Waals surface area contributed by atoms with Gasteiger partial charge in [0.25, 0.3) is 0 Å². The van der Waals surface area contributed by atoms with Crippen molar-refractivity contribution in [2.45, 2.75) is 12.5 Å². The third-order valence-electron chi connectivity index (χ3n) is 1.79. The first kappa shape index (κ1) is 12.9. The van der Waals surface area contributed by atoms with Crippen molar-refractivity contribution in [3.63, 3.8) is 0 Å². The molecule has 0 saturated carbocycles. The molecule has 1 aromatic heterocycles. The average Bonchev–Trinajstić information content (AvgIpc) is 2.45. The van der Waals surface area contributed by atoms with E-state index in [1.54, 1.807) is 13.2 Å². The van der Waals surface area contributed by atoms with Crippen molar-refractivity contribution in [1.29, 1.82) is 0 Å². The molecule has 0 aliphatic carbocycles. The zero-order chi connectivity index (χ0) is 11.4. The first-order valence-corrected chi connectivity index (χ1v) is 5.84. The van der Waals surface area contributed by atoms with Gasteiger partial charge in [0.2, 0.25) is 0 Å². The van der Waals surface area contributed by atoms with Crippen LogP contribution in [-0.2, 0) is 4.74 Å². The second kappa shape index (κ2) is 5.82. The fraction of sp³-hybridized carbons (Fsp3) is 0.444. The van der Waals surface area contributed by atoms with E-state index in [9.17, 15) is 4.79 Å². The Kier molecular flexibility index (Phi) is 5.02. The number of carbonyl (C=O) groups is 1. The van der Waals surface area contributed by atoms with Crippen molar-refractivity contribution in [1.82, 2.24) is 0 Å².